The van der Waals surface area contributed by atoms with Crippen molar-refractivity contribution in [2.45, 2.75) is 0 Å². The fourth-order valence-electron chi connectivity index (χ4n) is 1.24. The van der Waals surface area contributed by atoms with E-state index in [0.717, 1.165) is 20.3 Å². The Bertz CT molecular complexity index is 516. The maximum absolute atomic E-state index is 5.22. The summed E-state index contributed by atoms with van der Waals surface area (Å²) in [4.78, 5) is 0. The second-order valence-corrected chi connectivity index (χ2v) is 4.81. The van der Waals surface area contributed by atoms with Gasteiger partial charge in [0, 0.05) is 0 Å². The van der Waals surface area contributed by atoms with Gasteiger partial charge >= 0.3 is 0 Å². The van der Waals surface area contributed by atoms with Crippen LogP contribution in [0.15, 0.2) is 38.8 Å². The molecule has 0 aliphatic heterocycles. The van der Waals surface area contributed by atoms with Gasteiger partial charge in [0.25, 0.3) is 0 Å². The highest BCUT2D eigenvalue weighted by molar-refractivity contribution is 9.11. The fourth-order valence-corrected chi connectivity index (χ4v) is 2.78. The Balaban J connectivity index is 2.29. The van der Waals surface area contributed by atoms with Gasteiger partial charge in [0.2, 0.25) is 0 Å². The van der Waals surface area contributed by atoms with E-state index >= 15 is 0 Å². The molecule has 17 heavy (non-hydrogen) atoms. The number of methoxy groups -OCH3 is 1. The van der Waals surface area contributed by atoms with Gasteiger partial charge in [-0.15, -0.1) is 10.2 Å². The van der Waals surface area contributed by atoms with Crippen molar-refractivity contribution < 1.29 is 4.74 Å². The average molecular weight is 360 g/mol. The summed E-state index contributed by atoms with van der Waals surface area (Å²) < 4.78 is 8.46. The van der Waals surface area contributed by atoms with E-state index in [1.165, 1.54) is 17.3 Å². The highest BCUT2D eigenvalue weighted by Crippen LogP contribution is 2.33. The van der Waals surface area contributed by atoms with Crippen LogP contribution in [-0.4, -0.2) is 28.2 Å². The third kappa shape index (κ3) is 2.92. The second-order valence-electron chi connectivity index (χ2n) is 3.10. The maximum atomic E-state index is 5.22. The lowest BCUT2D eigenvalue weighted by Crippen LogP contribution is -1.91. The van der Waals surface area contributed by atoms with Gasteiger partial charge in [-0.2, -0.15) is 5.10 Å². The first kappa shape index (κ1) is 12.3. The molecule has 1 aromatic heterocycles. The molecular formula is C10H8Br2N4O. The van der Waals surface area contributed by atoms with Gasteiger partial charge in [0.1, 0.15) is 18.4 Å². The van der Waals surface area contributed by atoms with E-state index in [1.54, 1.807) is 13.3 Å². The lowest BCUT2D eigenvalue weighted by molar-refractivity contribution is 0.409. The van der Waals surface area contributed by atoms with E-state index in [4.69, 9.17) is 4.74 Å². The fraction of sp³-hybridized carbons (Fsp3) is 0.100. The van der Waals surface area contributed by atoms with Crippen molar-refractivity contribution in [2.24, 2.45) is 5.10 Å². The van der Waals surface area contributed by atoms with Crippen LogP contribution in [0.25, 0.3) is 0 Å². The summed E-state index contributed by atoms with van der Waals surface area (Å²) in [5, 5.41) is 11.5. The van der Waals surface area contributed by atoms with Crippen LogP contribution >= 0.6 is 31.9 Å². The van der Waals surface area contributed by atoms with Gasteiger partial charge < -0.3 is 4.74 Å². The third-order valence-corrected chi connectivity index (χ3v) is 3.15. The molecule has 2 aromatic rings. The van der Waals surface area contributed by atoms with Crippen LogP contribution in [0, 0.1) is 0 Å². The minimum Gasteiger partial charge on any atom is -0.494 e. The average Bonchev–Trinajstić information content (AvgIpc) is 2.79. The minimum absolute atomic E-state index is 0.756. The van der Waals surface area contributed by atoms with Crippen LogP contribution in [0.3, 0.4) is 0 Å². The molecule has 0 amide bonds. The first-order valence-corrected chi connectivity index (χ1v) is 6.21. The van der Waals surface area contributed by atoms with E-state index in [2.05, 4.69) is 47.2 Å². The molecule has 0 saturated heterocycles. The quantitative estimate of drug-likeness (QED) is 0.791. The van der Waals surface area contributed by atoms with E-state index in [0.29, 0.717) is 0 Å². The lowest BCUT2D eigenvalue weighted by atomic mass is 10.2. The Morgan fingerprint density at radius 2 is 1.82 bits per heavy atom. The summed E-state index contributed by atoms with van der Waals surface area (Å²) in [7, 11) is 1.62. The molecule has 1 aromatic carbocycles. The molecule has 0 atom stereocenters. The van der Waals surface area contributed by atoms with Crippen LogP contribution in [-0.2, 0) is 0 Å². The Labute approximate surface area is 115 Å². The zero-order valence-electron chi connectivity index (χ0n) is 8.84. The Morgan fingerprint density at radius 3 is 2.35 bits per heavy atom. The molecule has 0 fully saturated rings. The largest absolute Gasteiger partial charge is 0.494 e. The van der Waals surface area contributed by atoms with Crippen LogP contribution in [0.4, 0.5) is 0 Å². The molecule has 1 heterocycles. The van der Waals surface area contributed by atoms with E-state index < -0.39 is 0 Å². The molecule has 2 rings (SSSR count). The number of ether oxygens (including phenoxy) is 1. The topological polar surface area (TPSA) is 52.3 Å². The number of aromatic nitrogens is 3. The van der Waals surface area contributed by atoms with Crippen LogP contribution < -0.4 is 4.74 Å². The zero-order chi connectivity index (χ0) is 12.3. The molecule has 0 unspecified atom stereocenters. The van der Waals surface area contributed by atoms with Crippen molar-refractivity contribution in [2.75, 3.05) is 7.11 Å². The summed E-state index contributed by atoms with van der Waals surface area (Å²) in [6.07, 6.45) is 4.74. The zero-order valence-corrected chi connectivity index (χ0v) is 12.0. The predicted octanol–water partition coefficient (Wildman–Crippen LogP) is 2.69. The van der Waals surface area contributed by atoms with Gasteiger partial charge in [-0.25, -0.2) is 4.68 Å². The van der Waals surface area contributed by atoms with Crippen molar-refractivity contribution in [3.05, 3.63) is 39.3 Å². The third-order valence-electron chi connectivity index (χ3n) is 1.97. The van der Waals surface area contributed by atoms with E-state index in [-0.39, 0.29) is 0 Å². The second kappa shape index (κ2) is 5.42. The minimum atomic E-state index is 0.756. The van der Waals surface area contributed by atoms with Crippen molar-refractivity contribution >= 4 is 38.1 Å². The Hall–Kier alpha value is -1.21. The number of rotatable bonds is 3. The number of nitrogens with zero attached hydrogens (tertiary/aromatic N) is 4. The highest BCUT2D eigenvalue weighted by Gasteiger charge is 2.06. The molecule has 0 bridgehead atoms. The number of benzene rings is 1. The van der Waals surface area contributed by atoms with Gasteiger partial charge in [0.05, 0.1) is 22.3 Å². The van der Waals surface area contributed by atoms with Crippen molar-refractivity contribution in [3.63, 3.8) is 0 Å². The van der Waals surface area contributed by atoms with Gasteiger partial charge in [-0.1, -0.05) is 0 Å². The summed E-state index contributed by atoms with van der Waals surface area (Å²) in [6, 6.07) is 3.83. The molecular weight excluding hydrogens is 352 g/mol. The first-order chi connectivity index (χ1) is 8.20. The standard InChI is InChI=1S/C10H8Br2N4O/c1-17-10-8(11)2-7(3-9(10)12)4-15-16-5-13-14-6-16/h2-6H,1H3. The summed E-state index contributed by atoms with van der Waals surface area (Å²) in [5.41, 5.74) is 0.929. The molecule has 0 radical (unpaired) electrons. The van der Waals surface area contributed by atoms with Crippen LogP contribution in [0.2, 0.25) is 0 Å². The van der Waals surface area contributed by atoms with Crippen molar-refractivity contribution in [1.82, 2.24) is 14.9 Å². The summed E-state index contributed by atoms with van der Waals surface area (Å²) in [6.45, 7) is 0. The number of halogens is 2. The Kier molecular flexibility index (Phi) is 3.90. The molecule has 7 heteroatoms. The van der Waals surface area contributed by atoms with E-state index in [9.17, 15) is 0 Å². The number of hydrogen-bond acceptors (Lipinski definition) is 4. The van der Waals surface area contributed by atoms with Crippen molar-refractivity contribution in [3.8, 4) is 5.75 Å². The number of hydrogen-bond donors (Lipinski definition) is 0. The lowest BCUT2D eigenvalue weighted by Gasteiger charge is -2.06. The van der Waals surface area contributed by atoms with Gasteiger partial charge in [-0.3, -0.25) is 0 Å². The molecule has 88 valence electrons. The smallest absolute Gasteiger partial charge is 0.147 e. The monoisotopic (exact) mass is 358 g/mol. The van der Waals surface area contributed by atoms with Crippen LogP contribution in [0.1, 0.15) is 5.56 Å². The molecule has 0 spiro atoms. The molecule has 0 N–H and O–H groups in total. The first-order valence-electron chi connectivity index (χ1n) is 4.62. The maximum Gasteiger partial charge on any atom is 0.147 e. The summed E-state index contributed by atoms with van der Waals surface area (Å²) >= 11 is 6.86. The molecule has 0 aliphatic rings. The van der Waals surface area contributed by atoms with Crippen LogP contribution in [0.5, 0.6) is 5.75 Å². The van der Waals surface area contributed by atoms with Gasteiger partial charge in [0.15, 0.2) is 0 Å². The Morgan fingerprint density at radius 1 is 1.24 bits per heavy atom. The predicted molar refractivity (Wildman–Crippen MR) is 71.4 cm³/mol. The normalized spacial score (nSPS) is 11.0. The summed E-state index contributed by atoms with van der Waals surface area (Å²) in [5.74, 6) is 0.756. The molecule has 0 aliphatic carbocycles. The highest BCUT2D eigenvalue weighted by atomic mass is 79.9. The van der Waals surface area contributed by atoms with E-state index in [1.807, 2.05) is 12.1 Å². The van der Waals surface area contributed by atoms with Crippen molar-refractivity contribution in [1.29, 1.82) is 0 Å². The molecule has 0 saturated carbocycles. The van der Waals surface area contributed by atoms with Gasteiger partial charge in [-0.05, 0) is 49.6 Å². The SMILES string of the molecule is COc1c(Br)cc(C=Nn2cnnc2)cc1Br. The molecule has 5 nitrogen and oxygen atoms in total.